The number of fused-ring (bicyclic) bond motifs is 1. The van der Waals surface area contributed by atoms with Crippen molar-refractivity contribution in [3.05, 3.63) is 36.0 Å². The van der Waals surface area contributed by atoms with Crippen LogP contribution in [0.15, 0.2) is 30.5 Å². The van der Waals surface area contributed by atoms with Crippen LogP contribution in [-0.2, 0) is 30.4 Å². The molecule has 0 spiro atoms. The maximum absolute atomic E-state index is 13.0. The number of hydrogen-bond donors (Lipinski definition) is 8. The summed E-state index contributed by atoms with van der Waals surface area (Å²) < 4.78 is 0. The van der Waals surface area contributed by atoms with Crippen LogP contribution in [0.4, 0.5) is 0 Å². The van der Waals surface area contributed by atoms with Crippen LogP contribution >= 0.6 is 11.8 Å². The molecule has 0 saturated heterocycles. The van der Waals surface area contributed by atoms with E-state index < -0.39 is 66.9 Å². The summed E-state index contributed by atoms with van der Waals surface area (Å²) in [7, 11) is 0. The minimum absolute atomic E-state index is 0.0969. The van der Waals surface area contributed by atoms with Gasteiger partial charge in [0.1, 0.15) is 18.1 Å². The number of aliphatic hydroxyl groups excluding tert-OH is 1. The molecule has 9 N–H and O–H groups in total. The number of carbonyl (C=O) groups excluding carboxylic acids is 3. The fraction of sp³-hybridized carbons (Fsp3) is 0.435. The lowest BCUT2D eigenvalue weighted by molar-refractivity contribution is -0.147. The van der Waals surface area contributed by atoms with Gasteiger partial charge in [-0.05, 0) is 30.1 Å². The molecule has 14 heteroatoms. The molecule has 1 aromatic heterocycles. The molecule has 13 nitrogen and oxygen atoms in total. The van der Waals surface area contributed by atoms with Crippen molar-refractivity contribution in [2.24, 2.45) is 5.73 Å². The smallest absolute Gasteiger partial charge is 0.326 e. The lowest BCUT2D eigenvalue weighted by Crippen LogP contribution is -2.58. The number of rotatable bonds is 15. The van der Waals surface area contributed by atoms with Crippen molar-refractivity contribution in [3.8, 4) is 0 Å². The molecule has 1 heterocycles. The summed E-state index contributed by atoms with van der Waals surface area (Å²) in [6.45, 7) is -0.787. The van der Waals surface area contributed by atoms with E-state index >= 15 is 0 Å². The third-order valence-corrected chi connectivity index (χ3v) is 6.15. The van der Waals surface area contributed by atoms with Crippen molar-refractivity contribution >= 4 is 52.3 Å². The monoisotopic (exact) mass is 537 g/mol. The maximum atomic E-state index is 13.0. The normalized spacial score (nSPS) is 14.2. The second-order valence-electron chi connectivity index (χ2n) is 8.25. The van der Waals surface area contributed by atoms with Crippen molar-refractivity contribution in [2.45, 2.75) is 43.4 Å². The van der Waals surface area contributed by atoms with Crippen molar-refractivity contribution in [3.63, 3.8) is 0 Å². The Morgan fingerprint density at radius 1 is 0.973 bits per heavy atom. The number of carbonyl (C=O) groups is 5. The lowest BCUT2D eigenvalue weighted by atomic mass is 10.0. The van der Waals surface area contributed by atoms with Crippen molar-refractivity contribution in [1.82, 2.24) is 20.9 Å². The molecule has 0 aliphatic carbocycles. The van der Waals surface area contributed by atoms with E-state index in [1.54, 1.807) is 30.5 Å². The SMILES string of the molecule is CSCCC(N)C(=O)NC(CO)C(=O)NC(Cc1c[nH]c2ccccc12)C(=O)NC(CC(=O)O)C(=O)O. The number of nitrogens with one attached hydrogen (secondary N) is 4. The van der Waals surface area contributed by atoms with Crippen LogP contribution in [0.25, 0.3) is 10.9 Å². The van der Waals surface area contributed by atoms with Gasteiger partial charge in [0.25, 0.3) is 0 Å². The Morgan fingerprint density at radius 3 is 2.22 bits per heavy atom. The fourth-order valence-electron chi connectivity index (χ4n) is 3.50. The summed E-state index contributed by atoms with van der Waals surface area (Å²) in [5.74, 6) is -4.91. The molecule has 0 fully saturated rings. The van der Waals surface area contributed by atoms with Gasteiger partial charge in [-0.2, -0.15) is 11.8 Å². The zero-order valence-electron chi connectivity index (χ0n) is 20.1. The number of aliphatic carboxylic acids is 2. The summed E-state index contributed by atoms with van der Waals surface area (Å²) >= 11 is 1.49. The number of para-hydroxylation sites is 1. The summed E-state index contributed by atoms with van der Waals surface area (Å²) in [4.78, 5) is 63.8. The van der Waals surface area contributed by atoms with Crippen LogP contribution < -0.4 is 21.7 Å². The quantitative estimate of drug-likeness (QED) is 0.135. The number of nitrogens with two attached hydrogens (primary N) is 1. The molecule has 0 radical (unpaired) electrons. The Kier molecular flexibility index (Phi) is 11.4. The largest absolute Gasteiger partial charge is 0.481 e. The third-order valence-electron chi connectivity index (χ3n) is 5.51. The average Bonchev–Trinajstić information content (AvgIpc) is 3.27. The molecule has 3 amide bonds. The molecule has 202 valence electrons. The number of carboxylic acids is 2. The Balaban J connectivity index is 2.24. The number of amides is 3. The first-order valence-electron chi connectivity index (χ1n) is 11.3. The Bertz CT molecular complexity index is 1120. The van der Waals surface area contributed by atoms with Crippen LogP contribution in [0.1, 0.15) is 18.4 Å². The van der Waals surface area contributed by atoms with Gasteiger partial charge in [0.2, 0.25) is 17.7 Å². The maximum Gasteiger partial charge on any atom is 0.326 e. The topological polar surface area (TPSA) is 224 Å². The predicted molar refractivity (Wildman–Crippen MR) is 136 cm³/mol. The van der Waals surface area contributed by atoms with E-state index in [9.17, 15) is 34.2 Å². The molecule has 1 aromatic carbocycles. The number of benzene rings is 1. The van der Waals surface area contributed by atoms with E-state index in [0.29, 0.717) is 17.7 Å². The highest BCUT2D eigenvalue weighted by Gasteiger charge is 2.31. The Morgan fingerprint density at radius 2 is 1.59 bits per heavy atom. The third kappa shape index (κ3) is 8.77. The predicted octanol–water partition coefficient (Wildman–Crippen LogP) is -1.20. The molecule has 0 bridgehead atoms. The molecule has 0 aliphatic rings. The van der Waals surface area contributed by atoms with Crippen LogP contribution in [0.2, 0.25) is 0 Å². The summed E-state index contributed by atoms with van der Waals surface area (Å²) in [5.41, 5.74) is 7.19. The minimum Gasteiger partial charge on any atom is -0.481 e. The first-order chi connectivity index (χ1) is 17.6. The van der Waals surface area contributed by atoms with E-state index in [1.807, 2.05) is 6.26 Å². The molecule has 2 aromatic rings. The fourth-order valence-corrected chi connectivity index (χ4v) is 3.99. The second-order valence-corrected chi connectivity index (χ2v) is 9.24. The molecular weight excluding hydrogens is 506 g/mol. The highest BCUT2D eigenvalue weighted by molar-refractivity contribution is 7.98. The van der Waals surface area contributed by atoms with E-state index in [2.05, 4.69) is 20.9 Å². The van der Waals surface area contributed by atoms with Crippen LogP contribution in [-0.4, -0.2) is 92.7 Å². The number of carboxylic acid groups (broad SMARTS) is 2. The van der Waals surface area contributed by atoms with Gasteiger partial charge >= 0.3 is 11.9 Å². The number of aromatic amines is 1. The van der Waals surface area contributed by atoms with Gasteiger partial charge in [0, 0.05) is 23.5 Å². The number of aliphatic hydroxyl groups is 1. The zero-order valence-corrected chi connectivity index (χ0v) is 20.9. The Labute approximate surface area is 216 Å². The van der Waals surface area contributed by atoms with E-state index in [1.165, 1.54) is 11.8 Å². The first-order valence-corrected chi connectivity index (χ1v) is 12.7. The highest BCUT2D eigenvalue weighted by atomic mass is 32.2. The average molecular weight is 538 g/mol. The minimum atomic E-state index is -1.74. The summed E-state index contributed by atoms with van der Waals surface area (Å²) in [6.07, 6.45) is 2.84. The summed E-state index contributed by atoms with van der Waals surface area (Å²) in [6, 6.07) is 1.72. The van der Waals surface area contributed by atoms with Gasteiger partial charge in [0.05, 0.1) is 19.1 Å². The van der Waals surface area contributed by atoms with Gasteiger partial charge < -0.3 is 42.0 Å². The first kappa shape index (κ1) is 29.6. The molecule has 4 atom stereocenters. The second kappa shape index (κ2) is 14.2. The molecule has 4 unspecified atom stereocenters. The van der Waals surface area contributed by atoms with E-state index in [4.69, 9.17) is 10.8 Å². The van der Waals surface area contributed by atoms with Gasteiger partial charge in [0.15, 0.2) is 0 Å². The van der Waals surface area contributed by atoms with E-state index in [-0.39, 0.29) is 6.42 Å². The number of H-pyrrole nitrogens is 1. The van der Waals surface area contributed by atoms with Crippen molar-refractivity contribution < 1.29 is 39.3 Å². The molecular formula is C23H31N5O8S. The van der Waals surface area contributed by atoms with Crippen LogP contribution in [0.3, 0.4) is 0 Å². The number of aromatic nitrogens is 1. The number of thioether (sulfide) groups is 1. The zero-order chi connectivity index (χ0) is 27.5. The van der Waals surface area contributed by atoms with Gasteiger partial charge in [-0.25, -0.2) is 4.79 Å². The van der Waals surface area contributed by atoms with Gasteiger partial charge in [-0.1, -0.05) is 18.2 Å². The Hall–Kier alpha value is -3.62. The van der Waals surface area contributed by atoms with Crippen molar-refractivity contribution in [1.29, 1.82) is 0 Å². The number of hydrogen-bond acceptors (Lipinski definition) is 8. The van der Waals surface area contributed by atoms with Gasteiger partial charge in [-0.3, -0.25) is 19.2 Å². The molecule has 0 saturated carbocycles. The van der Waals surface area contributed by atoms with Gasteiger partial charge in [-0.15, -0.1) is 0 Å². The van der Waals surface area contributed by atoms with Crippen LogP contribution in [0, 0.1) is 0 Å². The molecule has 2 rings (SSSR count). The summed E-state index contributed by atoms with van der Waals surface area (Å²) in [5, 5.41) is 35.7. The lowest BCUT2D eigenvalue weighted by Gasteiger charge is -2.24. The van der Waals surface area contributed by atoms with Crippen LogP contribution in [0.5, 0.6) is 0 Å². The molecule has 0 aliphatic heterocycles. The molecule has 37 heavy (non-hydrogen) atoms. The van der Waals surface area contributed by atoms with E-state index in [0.717, 1.165) is 10.9 Å². The van der Waals surface area contributed by atoms with Crippen molar-refractivity contribution in [2.75, 3.05) is 18.6 Å². The highest BCUT2D eigenvalue weighted by Crippen LogP contribution is 2.19. The standard InChI is InChI=1S/C23H31N5O8S/c1-37-7-6-14(24)20(32)28-18(11-29)22(34)26-16(21(33)27-17(23(35)36)9-19(30)31)8-12-10-25-15-5-3-2-4-13(12)15/h2-5,10,14,16-18,25,29H,6-9,11,24H2,1H3,(H,26,34)(H,27,33)(H,28,32)(H,30,31)(H,35,36).